The Bertz CT molecular complexity index is 592. The van der Waals surface area contributed by atoms with Crippen LogP contribution in [0.4, 0.5) is 0 Å². The number of aromatic nitrogens is 1. The van der Waals surface area contributed by atoms with Crippen molar-refractivity contribution in [2.24, 2.45) is 0 Å². The van der Waals surface area contributed by atoms with Crippen molar-refractivity contribution in [2.75, 3.05) is 0 Å². The second-order valence-electron chi connectivity index (χ2n) is 3.52. The lowest BCUT2D eigenvalue weighted by atomic mass is 10.1. The summed E-state index contributed by atoms with van der Waals surface area (Å²) in [6.07, 6.45) is 7.53. The van der Waals surface area contributed by atoms with Crippen LogP contribution in [0.1, 0.15) is 11.3 Å². The van der Waals surface area contributed by atoms with Crippen LogP contribution in [0.3, 0.4) is 0 Å². The summed E-state index contributed by atoms with van der Waals surface area (Å²) in [4.78, 5) is 10.8. The van der Waals surface area contributed by atoms with Crippen molar-refractivity contribution in [3.05, 3.63) is 62.0 Å². The highest BCUT2D eigenvalue weighted by molar-refractivity contribution is 6.02. The van der Waals surface area contributed by atoms with Gasteiger partial charge in [-0.15, -0.1) is 0 Å². The number of aryl methyl sites for hydroxylation is 1. The molecule has 1 aliphatic rings. The van der Waals surface area contributed by atoms with Gasteiger partial charge in [-0.2, -0.15) is 4.90 Å². The van der Waals surface area contributed by atoms with Gasteiger partial charge in [-0.1, -0.05) is 0 Å². The maximum absolute atomic E-state index is 11.3. The van der Waals surface area contributed by atoms with E-state index in [1.807, 2.05) is 0 Å². The summed E-state index contributed by atoms with van der Waals surface area (Å²) in [5.41, 5.74) is 1.29. The second-order valence-corrected chi connectivity index (χ2v) is 3.52. The number of aromatic amines is 1. The van der Waals surface area contributed by atoms with Crippen LogP contribution < -0.4 is 5.63 Å². The lowest BCUT2D eigenvalue weighted by molar-refractivity contribution is -0.377. The van der Waals surface area contributed by atoms with Crippen molar-refractivity contribution in [2.45, 2.75) is 6.92 Å². The van der Waals surface area contributed by atoms with Crippen LogP contribution in [-0.4, -0.2) is 15.8 Å². The molecule has 0 amide bonds. The molecule has 0 spiro atoms. The number of rotatable bonds is 1. The number of allylic oxidation sites excluding steroid dienone is 5. The first-order chi connectivity index (χ1) is 8.08. The molecule has 0 saturated carbocycles. The zero-order valence-electron chi connectivity index (χ0n) is 8.97. The van der Waals surface area contributed by atoms with Crippen molar-refractivity contribution >= 4 is 11.8 Å². The minimum absolute atomic E-state index is 0.0139. The molecule has 17 heavy (non-hydrogen) atoms. The second kappa shape index (κ2) is 4.17. The van der Waals surface area contributed by atoms with Crippen LogP contribution in [0.2, 0.25) is 0 Å². The molecular formula is C11H9N2O4-. The Hall–Kier alpha value is -2.50. The lowest BCUT2D eigenvalue weighted by Gasteiger charge is -2.07. The van der Waals surface area contributed by atoms with Crippen LogP contribution in [-0.2, 0) is 0 Å². The molecule has 1 aromatic heterocycles. The van der Waals surface area contributed by atoms with E-state index in [0.717, 1.165) is 0 Å². The zero-order valence-corrected chi connectivity index (χ0v) is 8.97. The molecule has 0 atom stereocenters. The number of H-pyrrole nitrogens is 1. The van der Waals surface area contributed by atoms with E-state index in [2.05, 4.69) is 9.68 Å². The Morgan fingerprint density at radius 3 is 2.41 bits per heavy atom. The van der Waals surface area contributed by atoms with E-state index in [1.165, 1.54) is 12.2 Å². The molecule has 0 aliphatic heterocycles. The molecule has 1 aromatic rings. The van der Waals surface area contributed by atoms with E-state index >= 15 is 0 Å². The van der Waals surface area contributed by atoms with E-state index in [4.69, 9.17) is 0 Å². The fourth-order valence-corrected chi connectivity index (χ4v) is 1.41. The quantitative estimate of drug-likeness (QED) is 0.583. The number of nitrogens with one attached hydrogen (secondary N) is 1. The van der Waals surface area contributed by atoms with Gasteiger partial charge in [-0.05, 0) is 30.7 Å². The maximum atomic E-state index is 11.3. The molecule has 0 aromatic carbocycles. The third kappa shape index (κ3) is 2.20. The van der Waals surface area contributed by atoms with E-state index in [0.29, 0.717) is 16.8 Å². The van der Waals surface area contributed by atoms with Gasteiger partial charge in [0.1, 0.15) is 0 Å². The highest BCUT2D eigenvalue weighted by Gasteiger charge is 2.07. The predicted molar refractivity (Wildman–Crippen MR) is 62.3 cm³/mol. The highest BCUT2D eigenvalue weighted by Crippen LogP contribution is 2.12. The van der Waals surface area contributed by atoms with Crippen LogP contribution in [0.5, 0.6) is 0 Å². The summed E-state index contributed by atoms with van der Waals surface area (Å²) in [5, 5.41) is 23.4. The molecule has 6 nitrogen and oxygen atoms in total. The summed E-state index contributed by atoms with van der Waals surface area (Å²) < 4.78 is 4.61. The summed E-state index contributed by atoms with van der Waals surface area (Å²) in [5.74, 6) is 0. The molecule has 1 N–H and O–H groups in total. The molecule has 0 bridgehead atoms. The van der Waals surface area contributed by atoms with Crippen molar-refractivity contribution < 1.29 is 9.43 Å². The van der Waals surface area contributed by atoms with Crippen molar-refractivity contribution in [3.63, 3.8) is 0 Å². The van der Waals surface area contributed by atoms with Gasteiger partial charge in [-0.25, -0.2) is 9.95 Å². The molecule has 2 rings (SSSR count). The SMILES string of the molecule is Cc1[nH]oc(=O)c1C=C1C=CC(=[N+]([O-])[O-])C=C1. The maximum Gasteiger partial charge on any atom is 0.364 e. The summed E-state index contributed by atoms with van der Waals surface area (Å²) in [6, 6.07) is 0. The largest absolute Gasteiger partial charge is 0.612 e. The van der Waals surface area contributed by atoms with E-state index in [-0.39, 0.29) is 5.71 Å². The highest BCUT2D eigenvalue weighted by atomic mass is 16.8. The average Bonchev–Trinajstić information content (AvgIpc) is 2.61. The summed E-state index contributed by atoms with van der Waals surface area (Å²) >= 11 is 0. The smallest absolute Gasteiger partial charge is 0.364 e. The molecule has 1 aliphatic carbocycles. The summed E-state index contributed by atoms with van der Waals surface area (Å²) in [6.45, 7) is 1.71. The first kappa shape index (κ1) is 11.0. The zero-order chi connectivity index (χ0) is 12.4. The molecule has 6 heteroatoms. The van der Waals surface area contributed by atoms with E-state index in [9.17, 15) is 15.2 Å². The van der Waals surface area contributed by atoms with Gasteiger partial charge in [0.15, 0.2) is 0 Å². The Morgan fingerprint density at radius 2 is 1.94 bits per heavy atom. The van der Waals surface area contributed by atoms with Gasteiger partial charge in [0.05, 0.1) is 11.3 Å². The Kier molecular flexibility index (Phi) is 2.70. The average molecular weight is 233 g/mol. The van der Waals surface area contributed by atoms with E-state index < -0.39 is 10.5 Å². The molecule has 0 unspecified atom stereocenters. The normalized spacial score (nSPS) is 14.2. The predicted octanol–water partition coefficient (Wildman–Crippen LogP) is 1.23. The lowest BCUT2D eigenvalue weighted by Crippen LogP contribution is -2.06. The fraction of sp³-hybridized carbons (Fsp3) is 0.0909. The molecule has 0 radical (unpaired) electrons. The third-order valence-electron chi connectivity index (χ3n) is 2.34. The van der Waals surface area contributed by atoms with Crippen molar-refractivity contribution in [3.8, 4) is 0 Å². The standard InChI is InChI=1S/C11H9N2O4/c1-7-10(11(14)17-12-7)6-8-2-4-9(5-3-8)13(15)16/h2-6H,1H3,(H-,12,14,15,16)/q-1. The topological polar surface area (TPSA) is 95.1 Å². The molecule has 0 fully saturated rings. The van der Waals surface area contributed by atoms with Crippen LogP contribution in [0, 0.1) is 17.3 Å². The minimum Gasteiger partial charge on any atom is -0.612 e. The van der Waals surface area contributed by atoms with Gasteiger partial charge < -0.3 is 14.9 Å². The fourth-order valence-electron chi connectivity index (χ4n) is 1.41. The Morgan fingerprint density at radius 1 is 1.29 bits per heavy atom. The van der Waals surface area contributed by atoms with Crippen LogP contribution in [0.25, 0.3) is 6.08 Å². The van der Waals surface area contributed by atoms with Gasteiger partial charge in [-0.3, -0.25) is 0 Å². The van der Waals surface area contributed by atoms with E-state index in [1.54, 1.807) is 25.2 Å². The first-order valence-electron chi connectivity index (χ1n) is 4.85. The number of hydrogen-bond donors (Lipinski definition) is 1. The molecule has 88 valence electrons. The van der Waals surface area contributed by atoms with Crippen LogP contribution >= 0.6 is 0 Å². The van der Waals surface area contributed by atoms with Crippen LogP contribution in [0.15, 0.2) is 39.2 Å². The molecular weight excluding hydrogens is 224 g/mol. The monoisotopic (exact) mass is 233 g/mol. The number of nitrogens with zero attached hydrogens (tertiary/aromatic N) is 1. The number of hydrogen-bond acceptors (Lipinski definition) is 4. The van der Waals surface area contributed by atoms with Gasteiger partial charge >= 0.3 is 5.63 Å². The molecule has 1 heterocycles. The Labute approximate surface area is 96.0 Å². The van der Waals surface area contributed by atoms with Gasteiger partial charge in [0, 0.05) is 12.2 Å². The first-order valence-corrected chi connectivity index (χ1v) is 4.85. The van der Waals surface area contributed by atoms with Gasteiger partial charge in [0.2, 0.25) is 5.71 Å². The van der Waals surface area contributed by atoms with Gasteiger partial charge in [0.25, 0.3) is 0 Å². The van der Waals surface area contributed by atoms with Crippen molar-refractivity contribution in [1.82, 2.24) is 5.16 Å². The molecule has 0 saturated heterocycles. The minimum atomic E-state index is -0.473. The summed E-state index contributed by atoms with van der Waals surface area (Å²) in [7, 11) is 0. The Balaban J connectivity index is 2.35. The van der Waals surface area contributed by atoms with Crippen molar-refractivity contribution in [1.29, 1.82) is 0 Å². The third-order valence-corrected chi connectivity index (χ3v) is 2.34.